The molecule has 96 valence electrons. The lowest BCUT2D eigenvalue weighted by molar-refractivity contribution is 0.345. The van der Waals surface area contributed by atoms with Gasteiger partial charge in [-0.3, -0.25) is 0 Å². The second-order valence-corrected chi connectivity index (χ2v) is 4.88. The fourth-order valence-electron chi connectivity index (χ4n) is 2.53. The number of hydrogen-bond acceptors (Lipinski definition) is 4. The van der Waals surface area contributed by atoms with Gasteiger partial charge in [-0.05, 0) is 31.5 Å². The van der Waals surface area contributed by atoms with Gasteiger partial charge in [-0.2, -0.15) is 5.10 Å². The Morgan fingerprint density at radius 3 is 3.22 bits per heavy atom. The minimum atomic E-state index is 0.743. The molecule has 1 N–H and O–H groups in total. The molecular formula is C13H19N5. The van der Waals surface area contributed by atoms with Crippen molar-refractivity contribution in [1.82, 2.24) is 19.5 Å². The Hall–Kier alpha value is -1.62. The minimum Gasteiger partial charge on any atom is -0.370 e. The lowest BCUT2D eigenvalue weighted by atomic mass is 10.1. The normalized spacial score (nSPS) is 20.6. The van der Waals surface area contributed by atoms with Crippen LogP contribution < -0.4 is 5.32 Å². The third-order valence-corrected chi connectivity index (χ3v) is 3.65. The van der Waals surface area contributed by atoms with Crippen molar-refractivity contribution < 1.29 is 0 Å². The molecule has 5 heteroatoms. The molecule has 2 aromatic rings. The summed E-state index contributed by atoms with van der Waals surface area (Å²) in [5.41, 5.74) is 0.890. The molecule has 0 aromatic carbocycles. The zero-order valence-electron chi connectivity index (χ0n) is 10.7. The van der Waals surface area contributed by atoms with E-state index in [9.17, 15) is 0 Å². The third-order valence-electron chi connectivity index (χ3n) is 3.65. The van der Waals surface area contributed by atoms with Gasteiger partial charge in [0.2, 0.25) is 0 Å². The zero-order chi connectivity index (χ0) is 12.4. The van der Waals surface area contributed by atoms with Crippen molar-refractivity contribution in [1.29, 1.82) is 0 Å². The first-order valence-corrected chi connectivity index (χ1v) is 6.62. The minimum absolute atomic E-state index is 0.743. The number of likely N-dealkylation sites (tertiary alicyclic amines) is 1. The first-order chi connectivity index (χ1) is 8.85. The van der Waals surface area contributed by atoms with Crippen molar-refractivity contribution in [3.8, 4) is 0 Å². The van der Waals surface area contributed by atoms with Crippen LogP contribution in [-0.2, 0) is 0 Å². The van der Waals surface area contributed by atoms with Gasteiger partial charge in [-0.1, -0.05) is 6.92 Å². The molecular weight excluding hydrogens is 226 g/mol. The van der Waals surface area contributed by atoms with E-state index in [0.29, 0.717) is 0 Å². The molecule has 1 aliphatic heterocycles. The zero-order valence-corrected chi connectivity index (χ0v) is 10.7. The van der Waals surface area contributed by atoms with Crippen LogP contribution in [0.3, 0.4) is 0 Å². The Morgan fingerprint density at radius 1 is 1.44 bits per heavy atom. The van der Waals surface area contributed by atoms with E-state index in [1.165, 1.54) is 19.5 Å². The van der Waals surface area contributed by atoms with Crippen LogP contribution in [0.5, 0.6) is 0 Å². The van der Waals surface area contributed by atoms with Crippen LogP contribution in [0.2, 0.25) is 0 Å². The van der Waals surface area contributed by atoms with E-state index in [4.69, 9.17) is 0 Å². The molecule has 5 nitrogen and oxygen atoms in total. The first-order valence-electron chi connectivity index (χ1n) is 6.62. The maximum absolute atomic E-state index is 4.51. The highest BCUT2D eigenvalue weighted by Crippen LogP contribution is 2.16. The molecule has 1 unspecified atom stereocenters. The molecule has 3 heterocycles. The standard InChI is InChI=1S/C13H19N5/c1-2-17-7-4-11(10-17)9-14-12-5-8-18-13(16-12)3-6-15-18/h3,5-6,8,11H,2,4,7,9-10H2,1H3,(H,14,16). The van der Waals surface area contributed by atoms with Crippen molar-refractivity contribution in [2.24, 2.45) is 5.92 Å². The van der Waals surface area contributed by atoms with Crippen LogP contribution >= 0.6 is 0 Å². The van der Waals surface area contributed by atoms with Gasteiger partial charge < -0.3 is 10.2 Å². The summed E-state index contributed by atoms with van der Waals surface area (Å²) < 4.78 is 1.78. The Bertz CT molecular complexity index is 521. The summed E-state index contributed by atoms with van der Waals surface area (Å²) in [4.78, 5) is 7.01. The average molecular weight is 245 g/mol. The second kappa shape index (κ2) is 4.94. The molecule has 0 spiro atoms. The van der Waals surface area contributed by atoms with Crippen LogP contribution in [0.25, 0.3) is 5.65 Å². The average Bonchev–Trinajstić information content (AvgIpc) is 3.04. The van der Waals surface area contributed by atoms with Crippen LogP contribution in [0, 0.1) is 5.92 Å². The van der Waals surface area contributed by atoms with Gasteiger partial charge in [0.25, 0.3) is 0 Å². The topological polar surface area (TPSA) is 45.5 Å². The van der Waals surface area contributed by atoms with Crippen LogP contribution in [0.15, 0.2) is 24.5 Å². The highest BCUT2D eigenvalue weighted by molar-refractivity contribution is 5.45. The fraction of sp³-hybridized carbons (Fsp3) is 0.538. The van der Waals surface area contributed by atoms with E-state index in [2.05, 4.69) is 27.2 Å². The van der Waals surface area contributed by atoms with Crippen molar-refractivity contribution in [2.75, 3.05) is 31.5 Å². The van der Waals surface area contributed by atoms with Gasteiger partial charge in [0.1, 0.15) is 5.82 Å². The van der Waals surface area contributed by atoms with E-state index in [1.54, 1.807) is 10.7 Å². The molecule has 0 saturated carbocycles. The Kier molecular flexibility index (Phi) is 3.15. The third kappa shape index (κ3) is 2.31. The van der Waals surface area contributed by atoms with Gasteiger partial charge in [0, 0.05) is 25.4 Å². The van der Waals surface area contributed by atoms with E-state index < -0.39 is 0 Å². The SMILES string of the molecule is CCN1CCC(CNc2ccn3nccc3n2)C1. The summed E-state index contributed by atoms with van der Waals surface area (Å²) in [6.45, 7) is 6.84. The summed E-state index contributed by atoms with van der Waals surface area (Å²) in [7, 11) is 0. The van der Waals surface area contributed by atoms with Gasteiger partial charge in [-0.25, -0.2) is 9.50 Å². The molecule has 18 heavy (non-hydrogen) atoms. The highest BCUT2D eigenvalue weighted by Gasteiger charge is 2.20. The molecule has 1 fully saturated rings. The van der Waals surface area contributed by atoms with Gasteiger partial charge in [0.15, 0.2) is 5.65 Å². The number of hydrogen-bond donors (Lipinski definition) is 1. The monoisotopic (exact) mass is 245 g/mol. The maximum Gasteiger partial charge on any atom is 0.157 e. The maximum atomic E-state index is 4.51. The molecule has 0 aliphatic carbocycles. The fourth-order valence-corrected chi connectivity index (χ4v) is 2.53. The van der Waals surface area contributed by atoms with Gasteiger partial charge in [-0.15, -0.1) is 0 Å². The second-order valence-electron chi connectivity index (χ2n) is 4.88. The number of nitrogens with zero attached hydrogens (tertiary/aromatic N) is 4. The van der Waals surface area contributed by atoms with Crippen LogP contribution in [0.1, 0.15) is 13.3 Å². The Balaban J connectivity index is 1.59. The van der Waals surface area contributed by atoms with Crippen molar-refractivity contribution in [2.45, 2.75) is 13.3 Å². The van der Waals surface area contributed by atoms with E-state index in [1.807, 2.05) is 18.3 Å². The Labute approximate surface area is 107 Å². The quantitative estimate of drug-likeness (QED) is 0.886. The molecule has 1 aliphatic rings. The summed E-state index contributed by atoms with van der Waals surface area (Å²) in [5, 5.41) is 7.57. The molecule has 3 rings (SSSR count). The molecule has 1 atom stereocenters. The highest BCUT2D eigenvalue weighted by atomic mass is 15.2. The molecule has 0 bridgehead atoms. The summed E-state index contributed by atoms with van der Waals surface area (Å²) in [6, 6.07) is 3.89. The van der Waals surface area contributed by atoms with E-state index in [-0.39, 0.29) is 0 Å². The van der Waals surface area contributed by atoms with Crippen molar-refractivity contribution >= 4 is 11.5 Å². The number of rotatable bonds is 4. The summed E-state index contributed by atoms with van der Waals surface area (Å²) in [5.74, 6) is 1.69. The number of fused-ring (bicyclic) bond motifs is 1. The molecule has 2 aromatic heterocycles. The summed E-state index contributed by atoms with van der Waals surface area (Å²) in [6.07, 6.45) is 5.00. The predicted molar refractivity (Wildman–Crippen MR) is 71.7 cm³/mol. The molecule has 1 saturated heterocycles. The number of aromatic nitrogens is 3. The van der Waals surface area contributed by atoms with Crippen molar-refractivity contribution in [3.05, 3.63) is 24.5 Å². The lowest BCUT2D eigenvalue weighted by Gasteiger charge is -2.14. The van der Waals surface area contributed by atoms with Gasteiger partial charge >= 0.3 is 0 Å². The van der Waals surface area contributed by atoms with E-state index >= 15 is 0 Å². The smallest absolute Gasteiger partial charge is 0.157 e. The van der Waals surface area contributed by atoms with Crippen LogP contribution in [0.4, 0.5) is 5.82 Å². The Morgan fingerprint density at radius 2 is 2.39 bits per heavy atom. The van der Waals surface area contributed by atoms with Gasteiger partial charge in [0.05, 0.1) is 6.20 Å². The molecule has 0 amide bonds. The van der Waals surface area contributed by atoms with Crippen molar-refractivity contribution in [3.63, 3.8) is 0 Å². The number of nitrogens with one attached hydrogen (secondary N) is 1. The first kappa shape index (κ1) is 11.5. The largest absolute Gasteiger partial charge is 0.370 e. The molecule has 0 radical (unpaired) electrons. The number of anilines is 1. The lowest BCUT2D eigenvalue weighted by Crippen LogP contribution is -2.22. The van der Waals surface area contributed by atoms with Crippen LogP contribution in [-0.4, -0.2) is 45.7 Å². The van der Waals surface area contributed by atoms with E-state index in [0.717, 1.165) is 30.5 Å². The predicted octanol–water partition coefficient (Wildman–Crippen LogP) is 1.48. The summed E-state index contributed by atoms with van der Waals surface area (Å²) >= 11 is 0.